The van der Waals surface area contributed by atoms with E-state index in [1.807, 2.05) is 0 Å². The van der Waals surface area contributed by atoms with Gasteiger partial charge in [-0.05, 0) is 55.3 Å². The number of fused-ring (bicyclic) bond motifs is 1. The van der Waals surface area contributed by atoms with Gasteiger partial charge in [-0.25, -0.2) is 9.37 Å². The second-order valence-electron chi connectivity index (χ2n) is 7.42. The molecule has 30 heavy (non-hydrogen) atoms. The predicted molar refractivity (Wildman–Crippen MR) is 111 cm³/mol. The van der Waals surface area contributed by atoms with Crippen LogP contribution < -0.4 is 16.2 Å². The molecule has 2 aromatic carbocycles. The number of aromatic nitrogens is 2. The summed E-state index contributed by atoms with van der Waals surface area (Å²) in [5.74, 6) is -1.10. The van der Waals surface area contributed by atoms with E-state index < -0.39 is 17.3 Å². The lowest BCUT2D eigenvalue weighted by Crippen LogP contribution is -2.32. The highest BCUT2D eigenvalue weighted by Gasteiger charge is 2.18. The summed E-state index contributed by atoms with van der Waals surface area (Å²) in [6, 6.07) is 10.5. The Hall–Kier alpha value is -3.55. The van der Waals surface area contributed by atoms with E-state index >= 15 is 0 Å². The first-order chi connectivity index (χ1) is 14.5. The monoisotopic (exact) mass is 408 g/mol. The number of anilines is 1. The Morgan fingerprint density at radius 2 is 1.83 bits per heavy atom. The van der Waals surface area contributed by atoms with Crippen LogP contribution in [0, 0.1) is 5.82 Å². The number of amides is 2. The predicted octanol–water partition coefficient (Wildman–Crippen LogP) is 2.85. The lowest BCUT2D eigenvalue weighted by Gasteiger charge is -2.12. The number of nitrogens with one attached hydrogen (secondary N) is 2. The molecule has 154 valence electrons. The zero-order chi connectivity index (χ0) is 21.1. The van der Waals surface area contributed by atoms with Gasteiger partial charge in [0, 0.05) is 17.3 Å². The molecule has 1 heterocycles. The van der Waals surface area contributed by atoms with Gasteiger partial charge < -0.3 is 10.6 Å². The number of hydrogen-bond donors (Lipinski definition) is 2. The molecule has 4 rings (SSSR count). The summed E-state index contributed by atoms with van der Waals surface area (Å²) in [7, 11) is 0. The maximum absolute atomic E-state index is 13.4. The highest BCUT2D eigenvalue weighted by atomic mass is 19.1. The highest BCUT2D eigenvalue weighted by Crippen LogP contribution is 2.18. The Kier molecular flexibility index (Phi) is 5.56. The Bertz CT molecular complexity index is 1150. The molecule has 0 unspecified atom stereocenters. The number of nitrogens with zero attached hydrogens (tertiary/aromatic N) is 2. The van der Waals surface area contributed by atoms with Crippen molar-refractivity contribution in [1.82, 2.24) is 14.9 Å². The molecule has 1 aromatic heterocycles. The van der Waals surface area contributed by atoms with E-state index in [1.54, 1.807) is 24.3 Å². The molecular formula is C22H21FN4O3. The standard InChI is InChI=1S/C22H21FN4O3/c23-15-7-10-19-18(11-15)22(30)27(13-24-19)12-20(28)25-17-8-5-14(6-9-17)21(29)26-16-3-1-2-4-16/h5-11,13,16H,1-4,12H2,(H,25,28)(H,26,29). The molecule has 2 N–H and O–H groups in total. The zero-order valence-electron chi connectivity index (χ0n) is 16.2. The molecule has 1 aliphatic rings. The normalized spacial score (nSPS) is 14.0. The van der Waals surface area contributed by atoms with Gasteiger partial charge in [0.15, 0.2) is 0 Å². The Labute approximate surface area is 171 Å². The fourth-order valence-corrected chi connectivity index (χ4v) is 3.64. The van der Waals surface area contributed by atoms with E-state index in [0.29, 0.717) is 16.8 Å². The molecule has 0 bridgehead atoms. The first kappa shape index (κ1) is 19.8. The van der Waals surface area contributed by atoms with Crippen molar-refractivity contribution >= 4 is 28.4 Å². The minimum atomic E-state index is -0.541. The molecule has 0 radical (unpaired) electrons. The number of halogens is 1. The number of benzene rings is 2. The van der Waals surface area contributed by atoms with Crippen molar-refractivity contribution in [2.45, 2.75) is 38.3 Å². The van der Waals surface area contributed by atoms with E-state index in [1.165, 1.54) is 18.5 Å². The number of rotatable bonds is 5. The average molecular weight is 408 g/mol. The summed E-state index contributed by atoms with van der Waals surface area (Å²) in [5.41, 5.74) is 0.903. The van der Waals surface area contributed by atoms with Crippen molar-refractivity contribution < 1.29 is 14.0 Å². The van der Waals surface area contributed by atoms with Crippen LogP contribution in [0.4, 0.5) is 10.1 Å². The van der Waals surface area contributed by atoms with Gasteiger partial charge in [-0.15, -0.1) is 0 Å². The van der Waals surface area contributed by atoms with Crippen LogP contribution in [0.15, 0.2) is 53.6 Å². The third-order valence-electron chi connectivity index (χ3n) is 5.22. The molecule has 1 fully saturated rings. The average Bonchev–Trinajstić information content (AvgIpc) is 3.24. The molecule has 7 nitrogen and oxygen atoms in total. The second-order valence-corrected chi connectivity index (χ2v) is 7.42. The van der Waals surface area contributed by atoms with Gasteiger partial charge in [0.05, 0.1) is 17.2 Å². The molecule has 8 heteroatoms. The summed E-state index contributed by atoms with van der Waals surface area (Å²) in [4.78, 5) is 41.2. The number of carbonyl (C=O) groups excluding carboxylic acids is 2. The van der Waals surface area contributed by atoms with Crippen LogP contribution in [0.25, 0.3) is 10.9 Å². The molecule has 0 saturated heterocycles. The molecule has 3 aromatic rings. The summed E-state index contributed by atoms with van der Waals surface area (Å²) in [6.45, 7) is -0.262. The molecule has 0 aliphatic heterocycles. The Morgan fingerprint density at radius 1 is 1.10 bits per heavy atom. The van der Waals surface area contributed by atoms with Crippen molar-refractivity contribution in [3.8, 4) is 0 Å². The van der Waals surface area contributed by atoms with Crippen molar-refractivity contribution in [2.24, 2.45) is 0 Å². The summed E-state index contributed by atoms with van der Waals surface area (Å²) < 4.78 is 14.5. The van der Waals surface area contributed by atoms with Crippen LogP contribution >= 0.6 is 0 Å². The van der Waals surface area contributed by atoms with Crippen LogP contribution in [0.1, 0.15) is 36.0 Å². The smallest absolute Gasteiger partial charge is 0.261 e. The Balaban J connectivity index is 1.40. The van der Waals surface area contributed by atoms with Gasteiger partial charge in [0.1, 0.15) is 12.4 Å². The molecule has 0 spiro atoms. The van der Waals surface area contributed by atoms with Crippen molar-refractivity contribution in [2.75, 3.05) is 5.32 Å². The molecule has 1 saturated carbocycles. The first-order valence-corrected chi connectivity index (χ1v) is 9.85. The van der Waals surface area contributed by atoms with Gasteiger partial charge in [-0.3, -0.25) is 19.0 Å². The van der Waals surface area contributed by atoms with Gasteiger partial charge in [0.2, 0.25) is 5.91 Å². The summed E-state index contributed by atoms with van der Waals surface area (Å²) >= 11 is 0. The maximum atomic E-state index is 13.4. The fourth-order valence-electron chi connectivity index (χ4n) is 3.64. The molecular weight excluding hydrogens is 387 g/mol. The van der Waals surface area contributed by atoms with E-state index in [2.05, 4.69) is 15.6 Å². The quantitative estimate of drug-likeness (QED) is 0.679. The highest BCUT2D eigenvalue weighted by molar-refractivity contribution is 5.96. The minimum Gasteiger partial charge on any atom is -0.349 e. The minimum absolute atomic E-state index is 0.114. The van der Waals surface area contributed by atoms with Crippen molar-refractivity contribution in [1.29, 1.82) is 0 Å². The summed E-state index contributed by atoms with van der Waals surface area (Å²) in [6.07, 6.45) is 5.56. The van der Waals surface area contributed by atoms with Crippen LogP contribution in [0.5, 0.6) is 0 Å². The van der Waals surface area contributed by atoms with Gasteiger partial charge in [-0.2, -0.15) is 0 Å². The maximum Gasteiger partial charge on any atom is 0.261 e. The Morgan fingerprint density at radius 3 is 2.57 bits per heavy atom. The fraction of sp³-hybridized carbons (Fsp3) is 0.273. The van der Waals surface area contributed by atoms with Crippen LogP contribution in [0.2, 0.25) is 0 Å². The number of hydrogen-bond acceptors (Lipinski definition) is 4. The van der Waals surface area contributed by atoms with Gasteiger partial charge in [0.25, 0.3) is 11.5 Å². The van der Waals surface area contributed by atoms with E-state index in [9.17, 15) is 18.8 Å². The van der Waals surface area contributed by atoms with Crippen molar-refractivity contribution in [3.63, 3.8) is 0 Å². The first-order valence-electron chi connectivity index (χ1n) is 9.85. The van der Waals surface area contributed by atoms with Crippen molar-refractivity contribution in [3.05, 3.63) is 70.5 Å². The van der Waals surface area contributed by atoms with Gasteiger partial charge >= 0.3 is 0 Å². The van der Waals surface area contributed by atoms with Crippen LogP contribution in [-0.2, 0) is 11.3 Å². The van der Waals surface area contributed by atoms with E-state index in [0.717, 1.165) is 36.3 Å². The van der Waals surface area contributed by atoms with Gasteiger partial charge in [-0.1, -0.05) is 12.8 Å². The van der Waals surface area contributed by atoms with E-state index in [-0.39, 0.29) is 23.9 Å². The van der Waals surface area contributed by atoms with E-state index in [4.69, 9.17) is 0 Å². The SMILES string of the molecule is O=C(Cn1cnc2ccc(F)cc2c1=O)Nc1ccc(C(=O)NC2CCCC2)cc1. The number of carbonyl (C=O) groups is 2. The molecule has 2 amide bonds. The largest absolute Gasteiger partial charge is 0.349 e. The topological polar surface area (TPSA) is 93.1 Å². The third kappa shape index (κ3) is 4.37. The third-order valence-corrected chi connectivity index (χ3v) is 5.22. The lowest BCUT2D eigenvalue weighted by molar-refractivity contribution is -0.116. The lowest BCUT2D eigenvalue weighted by atomic mass is 10.1. The summed E-state index contributed by atoms with van der Waals surface area (Å²) in [5, 5.41) is 5.81. The second kappa shape index (κ2) is 8.44. The molecule has 1 aliphatic carbocycles. The van der Waals surface area contributed by atoms with Crippen LogP contribution in [-0.4, -0.2) is 27.4 Å². The molecule has 0 atom stereocenters. The van der Waals surface area contributed by atoms with Crippen LogP contribution in [0.3, 0.4) is 0 Å². The zero-order valence-corrected chi connectivity index (χ0v) is 16.2.